The largest absolute Gasteiger partial charge is 0.497 e. The van der Waals surface area contributed by atoms with Crippen molar-refractivity contribution in [2.75, 3.05) is 7.11 Å². The van der Waals surface area contributed by atoms with Crippen molar-refractivity contribution in [3.8, 4) is 11.4 Å². The van der Waals surface area contributed by atoms with Gasteiger partial charge >= 0.3 is 5.97 Å². The summed E-state index contributed by atoms with van der Waals surface area (Å²) in [5.41, 5.74) is 3.56. The number of carboxylic acids is 1. The zero-order chi connectivity index (χ0) is 25.8. The van der Waals surface area contributed by atoms with Gasteiger partial charge in [-0.1, -0.05) is 30.3 Å². The smallest absolute Gasteiger partial charge is 0.335 e. The lowest BCUT2D eigenvalue weighted by Crippen LogP contribution is -2.28. The number of para-hydroxylation sites is 1. The second-order valence-electron chi connectivity index (χ2n) is 8.24. The highest BCUT2D eigenvalue weighted by Gasteiger charge is 2.33. The SMILES string of the molecule is COc1ccc(N=C2S/C(=C\c3cccn3-c3ccccc3)C(=O)N2Cc2ccc(C(=O)O)cc2)cc1. The van der Waals surface area contributed by atoms with E-state index in [9.17, 15) is 14.7 Å². The number of carbonyl (C=O) groups excluding carboxylic acids is 1. The Hall–Kier alpha value is -4.56. The van der Waals surface area contributed by atoms with Crippen LogP contribution < -0.4 is 4.74 Å². The highest BCUT2D eigenvalue weighted by atomic mass is 32.2. The summed E-state index contributed by atoms with van der Waals surface area (Å²) in [4.78, 5) is 31.7. The molecule has 1 aliphatic heterocycles. The zero-order valence-corrected chi connectivity index (χ0v) is 20.8. The maximum atomic E-state index is 13.6. The van der Waals surface area contributed by atoms with Gasteiger partial charge in [0.1, 0.15) is 5.75 Å². The van der Waals surface area contributed by atoms with Gasteiger partial charge in [0.25, 0.3) is 5.91 Å². The molecular formula is C29H23N3O4S. The Labute approximate surface area is 218 Å². The molecule has 3 aromatic carbocycles. The standard InChI is InChI=1S/C29H23N3O4S/c1-36-25-15-13-22(14-16-25)30-29-32(19-20-9-11-21(12-10-20)28(34)35)27(33)26(37-29)18-24-8-5-17-31(24)23-6-3-2-4-7-23/h2-18H,19H2,1H3,(H,34,35)/b26-18-,30-29?. The van der Waals surface area contributed by atoms with E-state index in [1.54, 1.807) is 24.1 Å². The average molecular weight is 510 g/mol. The normalized spacial score (nSPS) is 15.5. The van der Waals surface area contributed by atoms with Crippen LogP contribution in [0.1, 0.15) is 21.6 Å². The van der Waals surface area contributed by atoms with Crippen LogP contribution in [0.4, 0.5) is 5.69 Å². The molecule has 0 bridgehead atoms. The molecule has 37 heavy (non-hydrogen) atoms. The van der Waals surface area contributed by atoms with Gasteiger partial charge in [-0.25, -0.2) is 9.79 Å². The van der Waals surface area contributed by atoms with Crippen LogP contribution in [0.15, 0.2) is 107 Å². The molecule has 1 fully saturated rings. The lowest BCUT2D eigenvalue weighted by molar-refractivity contribution is -0.122. The topological polar surface area (TPSA) is 84.1 Å². The molecule has 1 N–H and O–H groups in total. The number of aromatic nitrogens is 1. The van der Waals surface area contributed by atoms with E-state index in [1.807, 2.05) is 83.6 Å². The molecule has 1 aromatic heterocycles. The Kier molecular flexibility index (Phi) is 6.91. The molecule has 0 aliphatic carbocycles. The molecule has 5 rings (SSSR count). The first-order valence-corrected chi connectivity index (χ1v) is 12.3. The monoisotopic (exact) mass is 509 g/mol. The predicted octanol–water partition coefficient (Wildman–Crippen LogP) is 5.99. The van der Waals surface area contributed by atoms with Crippen molar-refractivity contribution in [3.63, 3.8) is 0 Å². The number of aromatic carboxylic acids is 1. The van der Waals surface area contributed by atoms with Gasteiger partial charge in [-0.05, 0) is 84.1 Å². The summed E-state index contributed by atoms with van der Waals surface area (Å²) in [5, 5.41) is 9.75. The third-order valence-corrected chi connectivity index (χ3v) is 6.83. The van der Waals surface area contributed by atoms with Gasteiger partial charge in [-0.2, -0.15) is 0 Å². The Bertz CT molecular complexity index is 1490. The van der Waals surface area contributed by atoms with E-state index in [4.69, 9.17) is 9.73 Å². The number of hydrogen-bond donors (Lipinski definition) is 1. The predicted molar refractivity (Wildman–Crippen MR) is 145 cm³/mol. The fourth-order valence-corrected chi connectivity index (χ4v) is 4.89. The zero-order valence-electron chi connectivity index (χ0n) is 19.9. The van der Waals surface area contributed by atoms with Crippen LogP contribution in [0.3, 0.4) is 0 Å². The number of methoxy groups -OCH3 is 1. The number of thioether (sulfide) groups is 1. The summed E-state index contributed by atoms with van der Waals surface area (Å²) >= 11 is 1.31. The van der Waals surface area contributed by atoms with Crippen LogP contribution in [0.2, 0.25) is 0 Å². The minimum absolute atomic E-state index is 0.166. The van der Waals surface area contributed by atoms with Crippen molar-refractivity contribution in [1.82, 2.24) is 9.47 Å². The van der Waals surface area contributed by atoms with Crippen molar-refractivity contribution < 1.29 is 19.4 Å². The molecule has 0 radical (unpaired) electrons. The van der Waals surface area contributed by atoms with E-state index in [0.29, 0.717) is 15.8 Å². The third-order valence-electron chi connectivity index (χ3n) is 5.82. The van der Waals surface area contributed by atoms with Gasteiger partial charge < -0.3 is 14.4 Å². The van der Waals surface area contributed by atoms with E-state index < -0.39 is 5.97 Å². The Morgan fingerprint density at radius 2 is 1.70 bits per heavy atom. The first-order valence-electron chi connectivity index (χ1n) is 11.5. The summed E-state index contributed by atoms with van der Waals surface area (Å²) in [6.45, 7) is 0.262. The van der Waals surface area contributed by atoms with Crippen molar-refractivity contribution in [3.05, 3.63) is 119 Å². The number of rotatable bonds is 7. The van der Waals surface area contributed by atoms with E-state index in [2.05, 4.69) is 0 Å². The second kappa shape index (κ2) is 10.6. The van der Waals surface area contributed by atoms with E-state index >= 15 is 0 Å². The minimum atomic E-state index is -0.993. The number of amides is 1. The Morgan fingerprint density at radius 1 is 0.973 bits per heavy atom. The van der Waals surface area contributed by atoms with Gasteiger partial charge in [0.2, 0.25) is 0 Å². The molecule has 1 aliphatic rings. The number of benzene rings is 3. The molecule has 4 aromatic rings. The number of amidine groups is 1. The van der Waals surface area contributed by atoms with Crippen LogP contribution in [0.25, 0.3) is 11.8 Å². The lowest BCUT2D eigenvalue weighted by atomic mass is 10.1. The molecule has 0 spiro atoms. The molecule has 2 heterocycles. The maximum Gasteiger partial charge on any atom is 0.335 e. The number of aliphatic imine (C=N–C) groups is 1. The summed E-state index contributed by atoms with van der Waals surface area (Å²) in [5.74, 6) is -0.440. The van der Waals surface area contributed by atoms with Crippen LogP contribution in [0, 0.1) is 0 Å². The third kappa shape index (κ3) is 5.34. The summed E-state index contributed by atoms with van der Waals surface area (Å²) < 4.78 is 7.26. The second-order valence-corrected chi connectivity index (χ2v) is 9.24. The van der Waals surface area contributed by atoms with Crippen LogP contribution in [-0.4, -0.2) is 38.7 Å². The maximum absolute atomic E-state index is 13.6. The molecule has 8 heteroatoms. The first kappa shape index (κ1) is 24.1. The molecule has 1 saturated heterocycles. The number of carbonyl (C=O) groups is 2. The quantitative estimate of drug-likeness (QED) is 0.310. The number of nitrogens with zero attached hydrogens (tertiary/aromatic N) is 3. The van der Waals surface area contributed by atoms with Crippen molar-refractivity contribution in [1.29, 1.82) is 0 Å². The molecule has 0 atom stereocenters. The van der Waals surface area contributed by atoms with Crippen molar-refractivity contribution >= 4 is 40.6 Å². The molecule has 0 unspecified atom stereocenters. The molecule has 0 saturated carbocycles. The number of hydrogen-bond acceptors (Lipinski definition) is 5. The summed E-state index contributed by atoms with van der Waals surface area (Å²) in [6.07, 6.45) is 3.83. The van der Waals surface area contributed by atoms with E-state index in [-0.39, 0.29) is 18.0 Å². The van der Waals surface area contributed by atoms with Gasteiger partial charge in [-0.3, -0.25) is 9.69 Å². The van der Waals surface area contributed by atoms with Crippen LogP contribution >= 0.6 is 11.8 Å². The fraction of sp³-hybridized carbons (Fsp3) is 0.0690. The van der Waals surface area contributed by atoms with E-state index in [1.165, 1.54) is 23.9 Å². The Morgan fingerprint density at radius 3 is 2.38 bits per heavy atom. The van der Waals surface area contributed by atoms with Gasteiger partial charge in [0, 0.05) is 17.6 Å². The first-order chi connectivity index (χ1) is 18.0. The molecule has 184 valence electrons. The summed E-state index contributed by atoms with van der Waals surface area (Å²) in [7, 11) is 1.60. The number of carboxylic acid groups (broad SMARTS) is 1. The van der Waals surface area contributed by atoms with Gasteiger partial charge in [0.05, 0.1) is 29.8 Å². The van der Waals surface area contributed by atoms with Gasteiger partial charge in [0.15, 0.2) is 5.17 Å². The van der Waals surface area contributed by atoms with Gasteiger partial charge in [-0.15, -0.1) is 0 Å². The fourth-order valence-electron chi connectivity index (χ4n) is 3.90. The highest BCUT2D eigenvalue weighted by molar-refractivity contribution is 8.18. The van der Waals surface area contributed by atoms with Crippen molar-refractivity contribution in [2.24, 2.45) is 4.99 Å². The molecule has 7 nitrogen and oxygen atoms in total. The van der Waals surface area contributed by atoms with E-state index in [0.717, 1.165) is 22.7 Å². The van der Waals surface area contributed by atoms with Crippen LogP contribution in [0.5, 0.6) is 5.75 Å². The highest BCUT2D eigenvalue weighted by Crippen LogP contribution is 2.36. The number of ether oxygens (including phenoxy) is 1. The average Bonchev–Trinajstić information content (AvgIpc) is 3.50. The van der Waals surface area contributed by atoms with Crippen LogP contribution in [-0.2, 0) is 11.3 Å². The lowest BCUT2D eigenvalue weighted by Gasteiger charge is -2.16. The van der Waals surface area contributed by atoms with Crippen molar-refractivity contribution in [2.45, 2.75) is 6.54 Å². The Balaban J connectivity index is 1.50. The minimum Gasteiger partial charge on any atom is -0.497 e. The summed E-state index contributed by atoms with van der Waals surface area (Å²) in [6, 6.07) is 27.6. The molecule has 1 amide bonds. The molecular weight excluding hydrogens is 486 g/mol.